The maximum atomic E-state index is 12.4. The van der Waals surface area contributed by atoms with Crippen molar-refractivity contribution in [3.8, 4) is 0 Å². The van der Waals surface area contributed by atoms with E-state index in [0.29, 0.717) is 18.7 Å². The van der Waals surface area contributed by atoms with Crippen molar-refractivity contribution in [2.75, 3.05) is 0 Å². The Labute approximate surface area is 147 Å². The number of nitrogens with one attached hydrogen (secondary N) is 1. The Morgan fingerprint density at radius 2 is 1.76 bits per heavy atom. The molecule has 0 bridgehead atoms. The number of benzene rings is 2. The number of hydrogen-bond acceptors (Lipinski definition) is 2. The average Bonchev–Trinajstić information content (AvgIpc) is 2.61. The fourth-order valence-electron chi connectivity index (χ4n) is 2.90. The molecule has 0 aliphatic heterocycles. The van der Waals surface area contributed by atoms with E-state index in [1.165, 1.54) is 5.56 Å². The van der Waals surface area contributed by atoms with Crippen LogP contribution in [0.5, 0.6) is 0 Å². The number of aromatic nitrogens is 1. The maximum absolute atomic E-state index is 12.4. The first-order valence-corrected chi connectivity index (χ1v) is 8.46. The molecule has 1 amide bonds. The van der Waals surface area contributed by atoms with Crippen LogP contribution in [0.25, 0.3) is 10.9 Å². The zero-order chi connectivity index (χ0) is 17.8. The van der Waals surface area contributed by atoms with Crippen LogP contribution in [0.4, 0.5) is 0 Å². The first-order chi connectivity index (χ1) is 12.0. The summed E-state index contributed by atoms with van der Waals surface area (Å²) >= 11 is 0. The van der Waals surface area contributed by atoms with Crippen LogP contribution < -0.4 is 10.9 Å². The molecule has 1 N–H and O–H groups in total. The average molecular weight is 334 g/mol. The fourth-order valence-corrected chi connectivity index (χ4v) is 2.90. The highest BCUT2D eigenvalue weighted by Gasteiger charge is 2.08. The predicted octanol–water partition coefficient (Wildman–Crippen LogP) is 3.32. The van der Waals surface area contributed by atoms with E-state index in [9.17, 15) is 9.59 Å². The van der Waals surface area contributed by atoms with Gasteiger partial charge in [0.1, 0.15) is 0 Å². The molecule has 0 aliphatic carbocycles. The highest BCUT2D eigenvalue weighted by Crippen LogP contribution is 2.13. The molecule has 0 radical (unpaired) electrons. The van der Waals surface area contributed by atoms with Crippen molar-refractivity contribution in [3.63, 3.8) is 0 Å². The summed E-state index contributed by atoms with van der Waals surface area (Å²) in [4.78, 5) is 24.6. The summed E-state index contributed by atoms with van der Waals surface area (Å²) in [7, 11) is 0. The van der Waals surface area contributed by atoms with Crippen LogP contribution in [-0.4, -0.2) is 10.5 Å². The first kappa shape index (κ1) is 17.0. The minimum absolute atomic E-state index is 0.0370. The lowest BCUT2D eigenvalue weighted by molar-refractivity contribution is -0.121. The van der Waals surface area contributed by atoms with Crippen molar-refractivity contribution in [2.24, 2.45) is 0 Å². The van der Waals surface area contributed by atoms with Gasteiger partial charge < -0.3 is 9.88 Å². The predicted molar refractivity (Wildman–Crippen MR) is 101 cm³/mol. The number of nitrogens with zero attached hydrogens (tertiary/aromatic N) is 1. The van der Waals surface area contributed by atoms with Gasteiger partial charge in [-0.3, -0.25) is 9.59 Å². The lowest BCUT2D eigenvalue weighted by Gasteiger charge is -2.12. The topological polar surface area (TPSA) is 51.1 Å². The maximum Gasteiger partial charge on any atom is 0.253 e. The molecule has 128 valence electrons. The Morgan fingerprint density at radius 3 is 2.52 bits per heavy atom. The van der Waals surface area contributed by atoms with Gasteiger partial charge in [0, 0.05) is 25.1 Å². The quantitative estimate of drug-likeness (QED) is 0.778. The number of rotatable bonds is 5. The lowest BCUT2D eigenvalue weighted by Crippen LogP contribution is -2.28. The number of carbonyl (C=O) groups excluding carboxylic acids is 1. The summed E-state index contributed by atoms with van der Waals surface area (Å²) in [6.07, 6.45) is 0.277. The molecule has 0 saturated heterocycles. The molecular formula is C21H22N2O2. The molecule has 1 heterocycles. The summed E-state index contributed by atoms with van der Waals surface area (Å²) < 4.78 is 1.69. The number of aryl methyl sites for hydroxylation is 3. The number of pyridine rings is 1. The van der Waals surface area contributed by atoms with Crippen molar-refractivity contribution in [2.45, 2.75) is 33.4 Å². The number of amides is 1. The number of para-hydroxylation sites is 1. The Morgan fingerprint density at radius 1 is 1.04 bits per heavy atom. The van der Waals surface area contributed by atoms with Gasteiger partial charge in [0.15, 0.2) is 0 Å². The molecule has 4 heteroatoms. The van der Waals surface area contributed by atoms with Crippen molar-refractivity contribution >= 4 is 16.8 Å². The van der Waals surface area contributed by atoms with Gasteiger partial charge >= 0.3 is 0 Å². The highest BCUT2D eigenvalue weighted by molar-refractivity contribution is 5.80. The van der Waals surface area contributed by atoms with Crippen molar-refractivity contribution in [3.05, 3.63) is 81.6 Å². The van der Waals surface area contributed by atoms with Crippen molar-refractivity contribution in [1.29, 1.82) is 0 Å². The summed E-state index contributed by atoms with van der Waals surface area (Å²) in [6.45, 7) is 4.72. The molecular weight excluding hydrogens is 312 g/mol. The minimum Gasteiger partial charge on any atom is -0.352 e. The normalized spacial score (nSPS) is 10.8. The third-order valence-electron chi connectivity index (χ3n) is 4.35. The molecule has 2 aromatic carbocycles. The second kappa shape index (κ2) is 7.34. The van der Waals surface area contributed by atoms with Gasteiger partial charge in [0.05, 0.1) is 5.52 Å². The molecule has 4 nitrogen and oxygen atoms in total. The van der Waals surface area contributed by atoms with E-state index >= 15 is 0 Å². The van der Waals surface area contributed by atoms with E-state index < -0.39 is 0 Å². The molecule has 0 spiro atoms. The van der Waals surface area contributed by atoms with Crippen LogP contribution in [0.15, 0.2) is 59.4 Å². The molecule has 0 saturated carbocycles. The van der Waals surface area contributed by atoms with Crippen molar-refractivity contribution < 1.29 is 4.79 Å². The smallest absolute Gasteiger partial charge is 0.253 e. The van der Waals surface area contributed by atoms with E-state index in [4.69, 9.17) is 0 Å². The molecule has 0 aliphatic rings. The molecule has 3 aromatic rings. The summed E-state index contributed by atoms with van der Waals surface area (Å²) in [5.74, 6) is -0.0573. The van der Waals surface area contributed by atoms with E-state index in [2.05, 4.69) is 5.32 Å². The van der Waals surface area contributed by atoms with Gasteiger partial charge in [0.25, 0.3) is 5.56 Å². The van der Waals surface area contributed by atoms with Crippen LogP contribution >= 0.6 is 0 Å². The van der Waals surface area contributed by atoms with E-state index in [1.807, 2.05) is 68.4 Å². The summed E-state index contributed by atoms with van der Waals surface area (Å²) in [5.41, 5.74) is 3.78. The standard InChI is InChI=1S/C21H22N2O2/c1-15-7-9-17(10-8-15)14-22-20(24)11-12-23-19-6-4-3-5-18(19)13-16(2)21(23)25/h3-10,13H,11-12,14H2,1-2H3,(H,22,24). The third-order valence-corrected chi connectivity index (χ3v) is 4.35. The Balaban J connectivity index is 1.68. The molecule has 25 heavy (non-hydrogen) atoms. The minimum atomic E-state index is -0.0573. The number of fused-ring (bicyclic) bond motifs is 1. The van der Waals surface area contributed by atoms with Crippen LogP contribution in [-0.2, 0) is 17.9 Å². The number of hydrogen-bond donors (Lipinski definition) is 1. The molecule has 0 unspecified atom stereocenters. The van der Waals surface area contributed by atoms with E-state index in [0.717, 1.165) is 16.5 Å². The second-order valence-corrected chi connectivity index (χ2v) is 6.36. The van der Waals surface area contributed by atoms with Crippen LogP contribution in [0.2, 0.25) is 0 Å². The number of carbonyl (C=O) groups is 1. The Kier molecular flexibility index (Phi) is 4.98. The zero-order valence-electron chi connectivity index (χ0n) is 14.6. The second-order valence-electron chi connectivity index (χ2n) is 6.36. The first-order valence-electron chi connectivity index (χ1n) is 8.46. The third kappa shape index (κ3) is 3.97. The van der Waals surface area contributed by atoms with Gasteiger partial charge in [-0.05, 0) is 36.9 Å². The van der Waals surface area contributed by atoms with Crippen LogP contribution in [0.3, 0.4) is 0 Å². The summed E-state index contributed by atoms with van der Waals surface area (Å²) in [6, 6.07) is 17.7. The Hall–Kier alpha value is -2.88. The van der Waals surface area contributed by atoms with Gasteiger partial charge in [-0.1, -0.05) is 48.0 Å². The van der Waals surface area contributed by atoms with Gasteiger partial charge in [-0.15, -0.1) is 0 Å². The van der Waals surface area contributed by atoms with Gasteiger partial charge in [-0.2, -0.15) is 0 Å². The molecule has 1 aromatic heterocycles. The van der Waals surface area contributed by atoms with E-state index in [1.54, 1.807) is 4.57 Å². The fraction of sp³-hybridized carbons (Fsp3) is 0.238. The van der Waals surface area contributed by atoms with Gasteiger partial charge in [0.2, 0.25) is 5.91 Å². The van der Waals surface area contributed by atoms with Crippen molar-refractivity contribution in [1.82, 2.24) is 9.88 Å². The van der Waals surface area contributed by atoms with Crippen LogP contribution in [0.1, 0.15) is 23.1 Å². The largest absolute Gasteiger partial charge is 0.352 e. The zero-order valence-corrected chi connectivity index (χ0v) is 14.6. The monoisotopic (exact) mass is 334 g/mol. The van der Waals surface area contributed by atoms with Gasteiger partial charge in [-0.25, -0.2) is 0 Å². The Bertz CT molecular complexity index is 956. The summed E-state index contributed by atoms with van der Waals surface area (Å²) in [5, 5.41) is 3.93. The molecule has 0 fully saturated rings. The highest BCUT2D eigenvalue weighted by atomic mass is 16.1. The molecule has 3 rings (SSSR count). The van der Waals surface area contributed by atoms with E-state index in [-0.39, 0.29) is 17.9 Å². The SMILES string of the molecule is Cc1ccc(CNC(=O)CCn2c(=O)c(C)cc3ccccc32)cc1. The van der Waals surface area contributed by atoms with Crippen LogP contribution in [0, 0.1) is 13.8 Å². The lowest BCUT2D eigenvalue weighted by atomic mass is 10.1. The molecule has 0 atom stereocenters.